The molecule has 1 heterocycles. The number of anilines is 1. The second-order valence-electron chi connectivity index (χ2n) is 5.84. The monoisotopic (exact) mass is 303 g/mol. The molecule has 1 atom stereocenters. The molecule has 118 valence electrons. The van der Waals surface area contributed by atoms with Crippen LogP contribution in [0.4, 0.5) is 5.69 Å². The van der Waals surface area contributed by atoms with Gasteiger partial charge in [-0.2, -0.15) is 0 Å². The van der Waals surface area contributed by atoms with Crippen molar-refractivity contribution in [3.05, 3.63) is 29.3 Å². The Bertz CT molecular complexity index is 626. The van der Waals surface area contributed by atoms with E-state index in [0.717, 1.165) is 0 Å². The minimum absolute atomic E-state index is 0.0270. The van der Waals surface area contributed by atoms with Crippen molar-refractivity contribution in [1.82, 2.24) is 10.2 Å². The van der Waals surface area contributed by atoms with Crippen LogP contribution in [0.25, 0.3) is 0 Å². The van der Waals surface area contributed by atoms with E-state index in [9.17, 15) is 9.59 Å². The number of nitrogens with zero attached hydrogens (tertiary/aromatic N) is 1. The molecule has 1 unspecified atom stereocenters. The van der Waals surface area contributed by atoms with Crippen LogP contribution in [0, 0.1) is 11.3 Å². The van der Waals surface area contributed by atoms with Gasteiger partial charge in [0.15, 0.2) is 5.96 Å². The molecule has 2 rings (SSSR count). The molecule has 22 heavy (non-hydrogen) atoms. The minimum atomic E-state index is -0.426. The summed E-state index contributed by atoms with van der Waals surface area (Å²) >= 11 is 0. The fourth-order valence-corrected chi connectivity index (χ4v) is 2.79. The molecular formula is C15H21N5O2. The number of amides is 2. The van der Waals surface area contributed by atoms with Crippen molar-refractivity contribution in [2.45, 2.75) is 26.3 Å². The fraction of sp³-hybridized carbons (Fsp3) is 0.400. The maximum atomic E-state index is 12.6. The second kappa shape index (κ2) is 6.05. The highest BCUT2D eigenvalue weighted by molar-refractivity contribution is 6.02. The molecular weight excluding hydrogens is 282 g/mol. The Kier molecular flexibility index (Phi) is 4.35. The summed E-state index contributed by atoms with van der Waals surface area (Å²) < 4.78 is 0. The first-order valence-electron chi connectivity index (χ1n) is 7.14. The Balaban J connectivity index is 2.36. The molecule has 7 heteroatoms. The minimum Gasteiger partial charge on any atom is -0.398 e. The number of carbonyl (C=O) groups is 2. The third-order valence-electron chi connectivity index (χ3n) is 3.56. The molecule has 1 aliphatic rings. The standard InChI is InChI=1S/C15H21N5O2/c1-8(2)7-20-11(6-12(21)19-15(17)18)13-9(14(20)22)4-3-5-10(13)16/h3-5,8,11H,6-7,16H2,1-2H3,(H4,17,18,19,21). The molecule has 0 bridgehead atoms. The maximum absolute atomic E-state index is 12.6. The van der Waals surface area contributed by atoms with E-state index in [4.69, 9.17) is 16.9 Å². The lowest BCUT2D eigenvalue weighted by molar-refractivity contribution is -0.120. The Morgan fingerprint density at radius 3 is 2.73 bits per heavy atom. The van der Waals surface area contributed by atoms with E-state index < -0.39 is 17.9 Å². The van der Waals surface area contributed by atoms with Crippen molar-refractivity contribution in [3.8, 4) is 0 Å². The summed E-state index contributed by atoms with van der Waals surface area (Å²) in [5.41, 5.74) is 12.9. The molecule has 1 aromatic carbocycles. The topological polar surface area (TPSA) is 125 Å². The van der Waals surface area contributed by atoms with E-state index in [1.807, 2.05) is 13.8 Å². The number of carbonyl (C=O) groups excluding carboxylic acids is 2. The zero-order chi connectivity index (χ0) is 16.4. The van der Waals surface area contributed by atoms with Crippen molar-refractivity contribution < 1.29 is 9.59 Å². The van der Waals surface area contributed by atoms with Crippen LogP contribution in [0.1, 0.15) is 42.2 Å². The molecule has 1 aromatic rings. The SMILES string of the molecule is CC(C)CN1C(=O)c2cccc(N)c2C1CC(=O)NC(=N)N. The number of fused-ring (bicyclic) bond motifs is 1. The van der Waals surface area contributed by atoms with Crippen LogP contribution < -0.4 is 16.8 Å². The quantitative estimate of drug-likeness (QED) is 0.373. The van der Waals surface area contributed by atoms with Crippen molar-refractivity contribution in [3.63, 3.8) is 0 Å². The van der Waals surface area contributed by atoms with Gasteiger partial charge in [0.2, 0.25) is 5.91 Å². The van der Waals surface area contributed by atoms with Gasteiger partial charge in [0.05, 0.1) is 12.5 Å². The number of nitrogens with one attached hydrogen (secondary N) is 2. The van der Waals surface area contributed by atoms with Crippen molar-refractivity contribution in [2.75, 3.05) is 12.3 Å². The molecule has 0 aromatic heterocycles. The maximum Gasteiger partial charge on any atom is 0.254 e. The van der Waals surface area contributed by atoms with Crippen LogP contribution in [-0.4, -0.2) is 29.2 Å². The average molecular weight is 303 g/mol. The molecule has 0 saturated heterocycles. The molecule has 2 amide bonds. The largest absolute Gasteiger partial charge is 0.398 e. The van der Waals surface area contributed by atoms with Gasteiger partial charge in [-0.25, -0.2) is 0 Å². The predicted octanol–water partition coefficient (Wildman–Crippen LogP) is 0.821. The summed E-state index contributed by atoms with van der Waals surface area (Å²) in [6, 6.07) is 4.76. The van der Waals surface area contributed by atoms with Gasteiger partial charge in [0, 0.05) is 23.4 Å². The van der Waals surface area contributed by atoms with Gasteiger partial charge in [-0.3, -0.25) is 20.3 Å². The van der Waals surface area contributed by atoms with Crippen LogP contribution in [0.15, 0.2) is 18.2 Å². The number of nitrogens with two attached hydrogens (primary N) is 2. The first-order chi connectivity index (χ1) is 10.3. The van der Waals surface area contributed by atoms with E-state index in [1.165, 1.54) is 0 Å². The van der Waals surface area contributed by atoms with Crippen molar-refractivity contribution in [1.29, 1.82) is 5.41 Å². The van der Waals surface area contributed by atoms with Gasteiger partial charge in [-0.15, -0.1) is 0 Å². The Labute approximate surface area is 129 Å². The van der Waals surface area contributed by atoms with E-state index >= 15 is 0 Å². The smallest absolute Gasteiger partial charge is 0.254 e. The third kappa shape index (κ3) is 3.03. The Hall–Kier alpha value is -2.57. The number of hydrogen-bond acceptors (Lipinski definition) is 4. The number of hydrogen-bond donors (Lipinski definition) is 4. The van der Waals surface area contributed by atoms with Gasteiger partial charge in [-0.1, -0.05) is 19.9 Å². The number of nitrogen functional groups attached to an aromatic ring is 1. The zero-order valence-corrected chi connectivity index (χ0v) is 12.7. The van der Waals surface area contributed by atoms with E-state index in [2.05, 4.69) is 5.32 Å². The molecule has 0 fully saturated rings. The van der Waals surface area contributed by atoms with Crippen LogP contribution in [0.3, 0.4) is 0 Å². The summed E-state index contributed by atoms with van der Waals surface area (Å²) in [5.74, 6) is -0.671. The number of guanidine groups is 1. The lowest BCUT2D eigenvalue weighted by Crippen LogP contribution is -2.39. The lowest BCUT2D eigenvalue weighted by Gasteiger charge is -2.27. The normalized spacial score (nSPS) is 16.8. The van der Waals surface area contributed by atoms with Crippen molar-refractivity contribution >= 4 is 23.5 Å². The van der Waals surface area contributed by atoms with E-state index in [1.54, 1.807) is 23.1 Å². The highest BCUT2D eigenvalue weighted by atomic mass is 16.2. The number of rotatable bonds is 4. The molecule has 0 spiro atoms. The van der Waals surface area contributed by atoms with Crippen LogP contribution in [-0.2, 0) is 4.79 Å². The molecule has 0 aliphatic carbocycles. The second-order valence-corrected chi connectivity index (χ2v) is 5.84. The highest BCUT2D eigenvalue weighted by Gasteiger charge is 2.39. The first kappa shape index (κ1) is 15.8. The van der Waals surface area contributed by atoms with E-state index in [0.29, 0.717) is 23.4 Å². The van der Waals surface area contributed by atoms with Gasteiger partial charge >= 0.3 is 0 Å². The summed E-state index contributed by atoms with van der Waals surface area (Å²) in [7, 11) is 0. The first-order valence-corrected chi connectivity index (χ1v) is 7.14. The lowest BCUT2D eigenvalue weighted by atomic mass is 9.99. The molecule has 0 radical (unpaired) electrons. The highest BCUT2D eigenvalue weighted by Crippen LogP contribution is 2.39. The average Bonchev–Trinajstić information content (AvgIpc) is 2.64. The zero-order valence-electron chi connectivity index (χ0n) is 12.7. The summed E-state index contributed by atoms with van der Waals surface area (Å²) in [6.45, 7) is 4.55. The fourth-order valence-electron chi connectivity index (χ4n) is 2.79. The van der Waals surface area contributed by atoms with Gasteiger partial charge in [-0.05, 0) is 18.1 Å². The molecule has 0 saturated carbocycles. The Morgan fingerprint density at radius 1 is 1.45 bits per heavy atom. The number of benzene rings is 1. The predicted molar refractivity (Wildman–Crippen MR) is 84.1 cm³/mol. The van der Waals surface area contributed by atoms with Crippen LogP contribution in [0.5, 0.6) is 0 Å². The molecule has 6 N–H and O–H groups in total. The summed E-state index contributed by atoms with van der Waals surface area (Å²) in [4.78, 5) is 26.2. The van der Waals surface area contributed by atoms with Gasteiger partial charge < -0.3 is 16.4 Å². The van der Waals surface area contributed by atoms with Crippen LogP contribution >= 0.6 is 0 Å². The Morgan fingerprint density at radius 2 is 2.14 bits per heavy atom. The summed E-state index contributed by atoms with van der Waals surface area (Å²) in [5, 5.41) is 9.38. The third-order valence-corrected chi connectivity index (χ3v) is 3.56. The van der Waals surface area contributed by atoms with Crippen molar-refractivity contribution in [2.24, 2.45) is 11.7 Å². The van der Waals surface area contributed by atoms with Gasteiger partial charge in [0.1, 0.15) is 0 Å². The van der Waals surface area contributed by atoms with Crippen LogP contribution in [0.2, 0.25) is 0 Å². The van der Waals surface area contributed by atoms with E-state index in [-0.39, 0.29) is 18.2 Å². The summed E-state index contributed by atoms with van der Waals surface area (Å²) in [6.07, 6.45) is 0.0270. The van der Waals surface area contributed by atoms with Gasteiger partial charge in [0.25, 0.3) is 5.91 Å². The molecule has 1 aliphatic heterocycles. The molecule has 7 nitrogen and oxygen atoms in total.